The number of carbonyl (C=O) groups excluding carboxylic acids is 1. The van der Waals surface area contributed by atoms with Gasteiger partial charge in [-0.1, -0.05) is 58.4 Å². The zero-order valence-electron chi connectivity index (χ0n) is 11.2. The van der Waals surface area contributed by atoms with Gasteiger partial charge in [-0.25, -0.2) is 0 Å². The standard InChI is InChI=1S/C17H16BrNO/c1-13(15-5-3-2-4-6-15)19-17(20)12-9-14-7-10-16(18)11-8-14/h2-13H,1H3,(H,19,20). The molecule has 102 valence electrons. The predicted octanol–water partition coefficient (Wildman–Crippen LogP) is 4.34. The Kier molecular flexibility index (Phi) is 5.13. The first-order valence-corrected chi connectivity index (χ1v) is 7.23. The summed E-state index contributed by atoms with van der Waals surface area (Å²) in [4.78, 5) is 11.9. The first kappa shape index (κ1) is 14.5. The van der Waals surface area contributed by atoms with Crippen LogP contribution in [0.5, 0.6) is 0 Å². The quantitative estimate of drug-likeness (QED) is 0.830. The van der Waals surface area contributed by atoms with E-state index in [1.807, 2.05) is 61.5 Å². The van der Waals surface area contributed by atoms with Crippen LogP contribution in [0.4, 0.5) is 0 Å². The summed E-state index contributed by atoms with van der Waals surface area (Å²) in [6.07, 6.45) is 3.36. The van der Waals surface area contributed by atoms with E-state index < -0.39 is 0 Å². The van der Waals surface area contributed by atoms with Crippen LogP contribution >= 0.6 is 15.9 Å². The number of benzene rings is 2. The molecule has 0 saturated heterocycles. The normalized spacial score (nSPS) is 12.3. The smallest absolute Gasteiger partial charge is 0.244 e. The summed E-state index contributed by atoms with van der Waals surface area (Å²) < 4.78 is 1.02. The van der Waals surface area contributed by atoms with Crippen molar-refractivity contribution < 1.29 is 4.79 Å². The Hall–Kier alpha value is -1.87. The first-order chi connectivity index (χ1) is 9.65. The Morgan fingerprint density at radius 2 is 1.75 bits per heavy atom. The summed E-state index contributed by atoms with van der Waals surface area (Å²) in [5, 5.41) is 2.94. The fourth-order valence-electron chi connectivity index (χ4n) is 1.83. The molecule has 0 spiro atoms. The van der Waals surface area contributed by atoms with Crippen LogP contribution in [0.15, 0.2) is 65.1 Å². The molecule has 0 aliphatic rings. The molecule has 0 aliphatic heterocycles. The van der Waals surface area contributed by atoms with Crippen LogP contribution in [0.1, 0.15) is 24.1 Å². The molecule has 0 radical (unpaired) electrons. The number of nitrogens with one attached hydrogen (secondary N) is 1. The Balaban J connectivity index is 1.94. The lowest BCUT2D eigenvalue weighted by Crippen LogP contribution is -2.24. The Bertz CT molecular complexity index is 590. The van der Waals surface area contributed by atoms with E-state index in [4.69, 9.17) is 0 Å². The molecular formula is C17H16BrNO. The molecule has 1 atom stereocenters. The van der Waals surface area contributed by atoms with E-state index in [2.05, 4.69) is 21.2 Å². The molecule has 1 unspecified atom stereocenters. The van der Waals surface area contributed by atoms with Gasteiger partial charge < -0.3 is 5.32 Å². The fraction of sp³-hybridized carbons (Fsp3) is 0.118. The van der Waals surface area contributed by atoms with Gasteiger partial charge in [-0.15, -0.1) is 0 Å². The topological polar surface area (TPSA) is 29.1 Å². The number of amides is 1. The van der Waals surface area contributed by atoms with E-state index in [-0.39, 0.29) is 11.9 Å². The monoisotopic (exact) mass is 329 g/mol. The van der Waals surface area contributed by atoms with Gasteiger partial charge in [0.2, 0.25) is 5.91 Å². The molecule has 0 heterocycles. The largest absolute Gasteiger partial charge is 0.346 e. The molecule has 0 aromatic heterocycles. The lowest BCUT2D eigenvalue weighted by atomic mass is 10.1. The highest BCUT2D eigenvalue weighted by atomic mass is 79.9. The van der Waals surface area contributed by atoms with Crippen LogP contribution in [0.2, 0.25) is 0 Å². The summed E-state index contributed by atoms with van der Waals surface area (Å²) in [7, 11) is 0. The molecule has 3 heteroatoms. The zero-order chi connectivity index (χ0) is 14.4. The van der Waals surface area contributed by atoms with Crippen LogP contribution in [-0.4, -0.2) is 5.91 Å². The van der Waals surface area contributed by atoms with Crippen LogP contribution in [0.3, 0.4) is 0 Å². The average molecular weight is 330 g/mol. The van der Waals surface area contributed by atoms with Crippen molar-refractivity contribution in [3.63, 3.8) is 0 Å². The molecule has 0 bridgehead atoms. The molecular weight excluding hydrogens is 314 g/mol. The molecule has 1 amide bonds. The van der Waals surface area contributed by atoms with Gasteiger partial charge in [-0.3, -0.25) is 4.79 Å². The minimum absolute atomic E-state index is 0.00160. The van der Waals surface area contributed by atoms with Crippen molar-refractivity contribution in [3.05, 3.63) is 76.3 Å². The molecule has 0 saturated carbocycles. The summed E-state index contributed by atoms with van der Waals surface area (Å²) in [5.41, 5.74) is 2.09. The van der Waals surface area contributed by atoms with Gasteiger partial charge >= 0.3 is 0 Å². The van der Waals surface area contributed by atoms with Gasteiger partial charge in [-0.05, 0) is 36.3 Å². The number of rotatable bonds is 4. The van der Waals surface area contributed by atoms with E-state index in [0.717, 1.165) is 15.6 Å². The lowest BCUT2D eigenvalue weighted by molar-refractivity contribution is -0.117. The number of halogens is 1. The van der Waals surface area contributed by atoms with Crippen molar-refractivity contribution in [1.82, 2.24) is 5.32 Å². The average Bonchev–Trinajstić information content (AvgIpc) is 2.47. The summed E-state index contributed by atoms with van der Waals surface area (Å²) in [5.74, 6) is -0.0933. The number of hydrogen-bond donors (Lipinski definition) is 1. The molecule has 2 nitrogen and oxygen atoms in total. The van der Waals surface area contributed by atoms with Crippen molar-refractivity contribution in [2.75, 3.05) is 0 Å². The second-order valence-corrected chi connectivity index (χ2v) is 5.44. The molecule has 2 rings (SSSR count). The van der Waals surface area contributed by atoms with Crippen molar-refractivity contribution in [1.29, 1.82) is 0 Å². The first-order valence-electron chi connectivity index (χ1n) is 6.44. The maximum absolute atomic E-state index is 11.9. The van der Waals surface area contributed by atoms with Gasteiger partial charge in [0.25, 0.3) is 0 Å². The molecule has 2 aromatic rings. The van der Waals surface area contributed by atoms with E-state index in [9.17, 15) is 4.79 Å². The number of hydrogen-bond acceptors (Lipinski definition) is 1. The Morgan fingerprint density at radius 1 is 1.10 bits per heavy atom. The Labute approximate surface area is 127 Å². The van der Waals surface area contributed by atoms with E-state index in [1.54, 1.807) is 12.2 Å². The summed E-state index contributed by atoms with van der Waals surface area (Å²) in [6, 6.07) is 17.7. The van der Waals surface area contributed by atoms with Gasteiger partial charge in [0.05, 0.1) is 6.04 Å². The molecule has 0 aliphatic carbocycles. The minimum atomic E-state index is -0.0933. The fourth-order valence-corrected chi connectivity index (χ4v) is 2.10. The van der Waals surface area contributed by atoms with Gasteiger partial charge in [-0.2, -0.15) is 0 Å². The minimum Gasteiger partial charge on any atom is -0.346 e. The second-order valence-electron chi connectivity index (χ2n) is 4.53. The molecule has 1 N–H and O–H groups in total. The zero-order valence-corrected chi connectivity index (χ0v) is 12.8. The third-order valence-corrected chi connectivity index (χ3v) is 3.48. The molecule has 20 heavy (non-hydrogen) atoms. The highest BCUT2D eigenvalue weighted by molar-refractivity contribution is 9.10. The highest BCUT2D eigenvalue weighted by Gasteiger charge is 2.06. The van der Waals surface area contributed by atoms with Gasteiger partial charge in [0.1, 0.15) is 0 Å². The highest BCUT2D eigenvalue weighted by Crippen LogP contribution is 2.12. The van der Waals surface area contributed by atoms with Crippen LogP contribution < -0.4 is 5.32 Å². The molecule has 2 aromatic carbocycles. The SMILES string of the molecule is CC(NC(=O)C=Cc1ccc(Br)cc1)c1ccccc1. The number of carbonyl (C=O) groups is 1. The van der Waals surface area contributed by atoms with E-state index in [1.165, 1.54) is 0 Å². The third-order valence-electron chi connectivity index (χ3n) is 2.96. The Morgan fingerprint density at radius 3 is 2.40 bits per heavy atom. The maximum Gasteiger partial charge on any atom is 0.244 e. The van der Waals surface area contributed by atoms with E-state index >= 15 is 0 Å². The van der Waals surface area contributed by atoms with Crippen molar-refractivity contribution in [3.8, 4) is 0 Å². The maximum atomic E-state index is 11.9. The third kappa shape index (κ3) is 4.35. The summed E-state index contributed by atoms with van der Waals surface area (Å²) >= 11 is 3.38. The summed E-state index contributed by atoms with van der Waals surface area (Å²) in [6.45, 7) is 1.97. The van der Waals surface area contributed by atoms with Crippen LogP contribution in [0, 0.1) is 0 Å². The van der Waals surface area contributed by atoms with Crippen molar-refractivity contribution >= 4 is 27.9 Å². The predicted molar refractivity (Wildman–Crippen MR) is 86.2 cm³/mol. The van der Waals surface area contributed by atoms with Gasteiger partial charge in [0.15, 0.2) is 0 Å². The van der Waals surface area contributed by atoms with Crippen molar-refractivity contribution in [2.24, 2.45) is 0 Å². The second kappa shape index (κ2) is 7.06. The van der Waals surface area contributed by atoms with Gasteiger partial charge in [0, 0.05) is 10.5 Å². The lowest BCUT2D eigenvalue weighted by Gasteiger charge is -2.12. The van der Waals surface area contributed by atoms with Crippen molar-refractivity contribution in [2.45, 2.75) is 13.0 Å². The van der Waals surface area contributed by atoms with Crippen LogP contribution in [-0.2, 0) is 4.79 Å². The molecule has 0 fully saturated rings. The van der Waals surface area contributed by atoms with Crippen LogP contribution in [0.25, 0.3) is 6.08 Å². The van der Waals surface area contributed by atoms with E-state index in [0.29, 0.717) is 0 Å².